The van der Waals surface area contributed by atoms with E-state index in [1.807, 2.05) is 6.07 Å². The number of nitrogens with zero attached hydrogens (tertiary/aromatic N) is 1. The van der Waals surface area contributed by atoms with Crippen molar-refractivity contribution in [3.8, 4) is 6.07 Å². The molecule has 16 heavy (non-hydrogen) atoms. The molecular weight excluding hydrogens is 210 g/mol. The van der Waals surface area contributed by atoms with Crippen LogP contribution in [0.4, 0.5) is 0 Å². The summed E-state index contributed by atoms with van der Waals surface area (Å²) in [5.41, 5.74) is 1.09. The van der Waals surface area contributed by atoms with E-state index in [0.29, 0.717) is 0 Å². The van der Waals surface area contributed by atoms with E-state index >= 15 is 0 Å². The molecular formula is C11H11NO4. The minimum Gasteiger partial charge on any atom is -0.479 e. The second-order valence-corrected chi connectivity index (χ2v) is 3.43. The molecule has 1 rings (SSSR count). The molecule has 2 atom stereocenters. The Hall–Kier alpha value is -1.90. The van der Waals surface area contributed by atoms with Crippen LogP contribution < -0.4 is 0 Å². The second kappa shape index (κ2) is 4.75. The monoisotopic (exact) mass is 221 g/mol. The minimum absolute atomic E-state index is 0.114. The lowest BCUT2D eigenvalue weighted by Crippen LogP contribution is -2.28. The summed E-state index contributed by atoms with van der Waals surface area (Å²) in [6.45, 7) is 1.77. The molecule has 0 saturated carbocycles. The van der Waals surface area contributed by atoms with Crippen molar-refractivity contribution in [2.24, 2.45) is 0 Å². The number of aliphatic hydroxyl groups excluding tert-OH is 2. The molecule has 1 aromatic rings. The first-order valence-corrected chi connectivity index (χ1v) is 4.57. The first-order chi connectivity index (χ1) is 7.47. The van der Waals surface area contributed by atoms with Gasteiger partial charge in [0.05, 0.1) is 11.6 Å². The Morgan fingerprint density at radius 1 is 1.44 bits per heavy atom. The lowest BCUT2D eigenvalue weighted by atomic mass is 9.97. The van der Waals surface area contributed by atoms with E-state index in [1.165, 1.54) is 12.1 Å². The fourth-order valence-corrected chi connectivity index (χ4v) is 1.33. The number of hydrogen-bond acceptors (Lipinski definition) is 4. The molecule has 0 amide bonds. The van der Waals surface area contributed by atoms with E-state index in [-0.39, 0.29) is 11.1 Å². The summed E-state index contributed by atoms with van der Waals surface area (Å²) >= 11 is 0. The number of aryl methyl sites for hydroxylation is 1. The normalized spacial score (nSPS) is 13.9. The number of rotatable bonds is 3. The van der Waals surface area contributed by atoms with Crippen molar-refractivity contribution in [1.29, 1.82) is 5.26 Å². The maximum Gasteiger partial charge on any atom is 0.335 e. The highest BCUT2D eigenvalue weighted by Gasteiger charge is 2.26. The van der Waals surface area contributed by atoms with Gasteiger partial charge in [-0.15, -0.1) is 0 Å². The van der Waals surface area contributed by atoms with Crippen LogP contribution in [0.15, 0.2) is 18.2 Å². The predicted octanol–water partition coefficient (Wildman–Crippen LogP) is 0.346. The maximum absolute atomic E-state index is 10.5. The zero-order chi connectivity index (χ0) is 12.3. The number of hydrogen-bond donors (Lipinski definition) is 3. The molecule has 1 aromatic carbocycles. The molecule has 0 aliphatic heterocycles. The van der Waals surface area contributed by atoms with Gasteiger partial charge in [0.2, 0.25) is 0 Å². The Morgan fingerprint density at radius 2 is 2.06 bits per heavy atom. The summed E-state index contributed by atoms with van der Waals surface area (Å²) in [5.74, 6) is -1.53. The van der Waals surface area contributed by atoms with Gasteiger partial charge in [-0.05, 0) is 18.6 Å². The average molecular weight is 221 g/mol. The van der Waals surface area contributed by atoms with Crippen LogP contribution in [0.5, 0.6) is 0 Å². The number of benzene rings is 1. The van der Waals surface area contributed by atoms with E-state index in [0.717, 1.165) is 5.56 Å². The quantitative estimate of drug-likeness (QED) is 0.683. The van der Waals surface area contributed by atoms with Crippen LogP contribution in [0.2, 0.25) is 0 Å². The van der Waals surface area contributed by atoms with Gasteiger partial charge in [-0.2, -0.15) is 5.26 Å². The molecule has 0 radical (unpaired) electrons. The first-order valence-electron chi connectivity index (χ1n) is 4.57. The third-order valence-corrected chi connectivity index (χ3v) is 2.20. The maximum atomic E-state index is 10.5. The third-order valence-electron chi connectivity index (χ3n) is 2.20. The second-order valence-electron chi connectivity index (χ2n) is 3.43. The van der Waals surface area contributed by atoms with Crippen molar-refractivity contribution < 1.29 is 20.1 Å². The van der Waals surface area contributed by atoms with Gasteiger partial charge in [0, 0.05) is 5.56 Å². The van der Waals surface area contributed by atoms with E-state index in [4.69, 9.17) is 10.4 Å². The van der Waals surface area contributed by atoms with Crippen LogP contribution in [0, 0.1) is 18.3 Å². The third kappa shape index (κ3) is 2.37. The van der Waals surface area contributed by atoms with Crippen molar-refractivity contribution in [2.75, 3.05) is 0 Å². The van der Waals surface area contributed by atoms with Gasteiger partial charge in [0.15, 0.2) is 6.10 Å². The zero-order valence-electron chi connectivity index (χ0n) is 8.58. The van der Waals surface area contributed by atoms with E-state index in [2.05, 4.69) is 0 Å². The van der Waals surface area contributed by atoms with Gasteiger partial charge in [0.25, 0.3) is 0 Å². The molecule has 0 aliphatic rings. The van der Waals surface area contributed by atoms with Crippen molar-refractivity contribution in [2.45, 2.75) is 19.1 Å². The zero-order valence-corrected chi connectivity index (χ0v) is 8.58. The van der Waals surface area contributed by atoms with Crippen molar-refractivity contribution in [3.05, 3.63) is 34.9 Å². The fourth-order valence-electron chi connectivity index (χ4n) is 1.33. The molecule has 5 nitrogen and oxygen atoms in total. The number of carboxylic acid groups (broad SMARTS) is 1. The van der Waals surface area contributed by atoms with Crippen LogP contribution in [0.1, 0.15) is 22.8 Å². The van der Waals surface area contributed by atoms with Crippen LogP contribution in [-0.2, 0) is 4.79 Å². The van der Waals surface area contributed by atoms with Crippen molar-refractivity contribution in [1.82, 2.24) is 0 Å². The molecule has 0 heterocycles. The molecule has 0 aliphatic carbocycles. The summed E-state index contributed by atoms with van der Waals surface area (Å²) in [4.78, 5) is 10.5. The Balaban J connectivity index is 3.14. The minimum atomic E-state index is -1.94. The van der Waals surface area contributed by atoms with Crippen LogP contribution in [-0.4, -0.2) is 27.4 Å². The number of aliphatic carboxylic acids is 1. The molecule has 0 saturated heterocycles. The topological polar surface area (TPSA) is 102 Å². The number of aliphatic hydroxyl groups is 2. The summed E-state index contributed by atoms with van der Waals surface area (Å²) in [6, 6.07) is 6.44. The molecule has 2 unspecified atom stereocenters. The van der Waals surface area contributed by atoms with E-state index in [1.54, 1.807) is 13.0 Å². The highest BCUT2D eigenvalue weighted by atomic mass is 16.4. The van der Waals surface area contributed by atoms with E-state index in [9.17, 15) is 15.0 Å². The molecule has 0 aromatic heterocycles. The summed E-state index contributed by atoms with van der Waals surface area (Å²) < 4.78 is 0. The summed E-state index contributed by atoms with van der Waals surface area (Å²) in [5, 5.41) is 36.1. The Bertz CT molecular complexity index is 450. The molecule has 5 heteroatoms. The molecule has 0 bridgehead atoms. The molecule has 0 fully saturated rings. The van der Waals surface area contributed by atoms with Gasteiger partial charge >= 0.3 is 5.97 Å². The molecule has 84 valence electrons. The summed E-state index contributed by atoms with van der Waals surface area (Å²) in [6.07, 6.45) is -3.54. The van der Waals surface area contributed by atoms with Crippen LogP contribution in [0.3, 0.4) is 0 Å². The highest BCUT2D eigenvalue weighted by molar-refractivity contribution is 5.73. The SMILES string of the molecule is Cc1ccc(C(O)C(O)C(=O)O)c(C#N)c1. The highest BCUT2D eigenvalue weighted by Crippen LogP contribution is 2.22. The Kier molecular flexibility index (Phi) is 3.61. The van der Waals surface area contributed by atoms with Gasteiger partial charge in [-0.25, -0.2) is 4.79 Å². The largest absolute Gasteiger partial charge is 0.479 e. The van der Waals surface area contributed by atoms with Crippen LogP contribution >= 0.6 is 0 Å². The fraction of sp³-hybridized carbons (Fsp3) is 0.273. The van der Waals surface area contributed by atoms with Gasteiger partial charge in [0.1, 0.15) is 6.10 Å². The van der Waals surface area contributed by atoms with Gasteiger partial charge in [-0.1, -0.05) is 12.1 Å². The number of carboxylic acids is 1. The lowest BCUT2D eigenvalue weighted by molar-refractivity contribution is -0.153. The molecule has 3 N–H and O–H groups in total. The Morgan fingerprint density at radius 3 is 2.56 bits per heavy atom. The lowest BCUT2D eigenvalue weighted by Gasteiger charge is -2.15. The summed E-state index contributed by atoms with van der Waals surface area (Å²) in [7, 11) is 0. The van der Waals surface area contributed by atoms with E-state index < -0.39 is 18.2 Å². The standard InChI is InChI=1S/C11H11NO4/c1-6-2-3-8(7(4-6)5-12)9(13)10(14)11(15)16/h2-4,9-10,13-14H,1H3,(H,15,16). The number of nitriles is 1. The van der Waals surface area contributed by atoms with Crippen LogP contribution in [0.25, 0.3) is 0 Å². The van der Waals surface area contributed by atoms with Gasteiger partial charge in [-0.3, -0.25) is 0 Å². The van der Waals surface area contributed by atoms with Crippen molar-refractivity contribution in [3.63, 3.8) is 0 Å². The predicted molar refractivity (Wildman–Crippen MR) is 54.5 cm³/mol. The first kappa shape index (κ1) is 12.2. The smallest absolute Gasteiger partial charge is 0.335 e. The Labute approximate surface area is 92.2 Å². The average Bonchev–Trinajstić information content (AvgIpc) is 2.26. The molecule has 0 spiro atoms. The number of carbonyl (C=O) groups is 1. The van der Waals surface area contributed by atoms with Gasteiger partial charge < -0.3 is 15.3 Å². The van der Waals surface area contributed by atoms with Crippen molar-refractivity contribution >= 4 is 5.97 Å².